The standard InChI is InChI=1S/C12H13N3O4S/c1-7-14-9-5-8(13-4-2-3-12(16)17)10(15(18)19)6-11(9)20-7/h5-6,13H,2-4H2,1H3,(H,16,17). The van der Waals surface area contributed by atoms with Crippen LogP contribution in [0, 0.1) is 17.0 Å². The molecule has 0 aliphatic heterocycles. The Hall–Kier alpha value is -2.22. The van der Waals surface area contributed by atoms with Crippen LogP contribution in [0.4, 0.5) is 11.4 Å². The van der Waals surface area contributed by atoms with Gasteiger partial charge in [-0.05, 0) is 19.4 Å². The monoisotopic (exact) mass is 295 g/mol. The summed E-state index contributed by atoms with van der Waals surface area (Å²) in [5.74, 6) is -0.883. The fraction of sp³-hybridized carbons (Fsp3) is 0.333. The highest BCUT2D eigenvalue weighted by atomic mass is 32.1. The summed E-state index contributed by atoms with van der Waals surface area (Å²) in [6, 6.07) is 3.14. The number of thiazole rings is 1. The van der Waals surface area contributed by atoms with Crippen LogP contribution >= 0.6 is 11.3 Å². The average molecular weight is 295 g/mol. The lowest BCUT2D eigenvalue weighted by atomic mass is 10.2. The van der Waals surface area contributed by atoms with E-state index in [0.29, 0.717) is 24.2 Å². The van der Waals surface area contributed by atoms with Crippen molar-refractivity contribution in [3.63, 3.8) is 0 Å². The van der Waals surface area contributed by atoms with Crippen LogP contribution in [0.3, 0.4) is 0 Å². The molecule has 0 spiro atoms. The second kappa shape index (κ2) is 5.83. The van der Waals surface area contributed by atoms with Gasteiger partial charge in [0.15, 0.2) is 0 Å². The number of hydrogen-bond acceptors (Lipinski definition) is 6. The highest BCUT2D eigenvalue weighted by molar-refractivity contribution is 7.18. The van der Waals surface area contributed by atoms with E-state index >= 15 is 0 Å². The largest absolute Gasteiger partial charge is 0.481 e. The van der Waals surface area contributed by atoms with Crippen LogP contribution in [0.1, 0.15) is 17.8 Å². The maximum Gasteiger partial charge on any atom is 0.303 e. The Balaban J connectivity index is 2.22. The average Bonchev–Trinajstić information content (AvgIpc) is 2.72. The molecule has 0 radical (unpaired) electrons. The molecule has 1 heterocycles. The number of carbonyl (C=O) groups is 1. The number of nitro benzene ring substituents is 1. The number of rotatable bonds is 6. The topological polar surface area (TPSA) is 105 Å². The molecule has 0 atom stereocenters. The van der Waals surface area contributed by atoms with Crippen LogP contribution < -0.4 is 5.32 Å². The Bertz CT molecular complexity index is 668. The summed E-state index contributed by atoms with van der Waals surface area (Å²) in [6.07, 6.45) is 0.430. The first-order valence-electron chi connectivity index (χ1n) is 5.98. The predicted molar refractivity (Wildman–Crippen MR) is 76.4 cm³/mol. The fourth-order valence-electron chi connectivity index (χ4n) is 1.83. The van der Waals surface area contributed by atoms with Crippen molar-refractivity contribution in [2.75, 3.05) is 11.9 Å². The molecular weight excluding hydrogens is 282 g/mol. The van der Waals surface area contributed by atoms with E-state index in [1.54, 1.807) is 6.07 Å². The van der Waals surface area contributed by atoms with Gasteiger partial charge in [0.05, 0.1) is 20.1 Å². The first-order valence-corrected chi connectivity index (χ1v) is 6.80. The molecule has 106 valence electrons. The smallest absolute Gasteiger partial charge is 0.303 e. The number of carboxylic acid groups (broad SMARTS) is 1. The predicted octanol–water partition coefficient (Wildman–Crippen LogP) is 2.79. The van der Waals surface area contributed by atoms with Crippen LogP contribution in [-0.4, -0.2) is 27.5 Å². The molecule has 0 saturated heterocycles. The Morgan fingerprint density at radius 2 is 2.30 bits per heavy atom. The number of benzene rings is 1. The van der Waals surface area contributed by atoms with E-state index in [4.69, 9.17) is 5.11 Å². The lowest BCUT2D eigenvalue weighted by molar-refractivity contribution is -0.383. The molecule has 8 heteroatoms. The van der Waals surface area contributed by atoms with Gasteiger partial charge in [-0.3, -0.25) is 14.9 Å². The van der Waals surface area contributed by atoms with Gasteiger partial charge < -0.3 is 10.4 Å². The molecule has 7 nitrogen and oxygen atoms in total. The van der Waals surface area contributed by atoms with E-state index in [1.807, 2.05) is 6.92 Å². The molecule has 1 aromatic heterocycles. The van der Waals surface area contributed by atoms with Crippen molar-refractivity contribution < 1.29 is 14.8 Å². The highest BCUT2D eigenvalue weighted by Crippen LogP contribution is 2.32. The van der Waals surface area contributed by atoms with Gasteiger partial charge >= 0.3 is 5.97 Å². The normalized spacial score (nSPS) is 10.7. The van der Waals surface area contributed by atoms with Gasteiger partial charge in [0.1, 0.15) is 5.69 Å². The number of nitro groups is 1. The fourth-order valence-corrected chi connectivity index (χ4v) is 2.68. The van der Waals surface area contributed by atoms with Crippen molar-refractivity contribution >= 4 is 38.9 Å². The van der Waals surface area contributed by atoms with Crippen LogP contribution in [0.15, 0.2) is 12.1 Å². The molecular formula is C12H13N3O4S. The molecule has 2 rings (SSSR count). The summed E-state index contributed by atoms with van der Waals surface area (Å²) in [6.45, 7) is 2.21. The van der Waals surface area contributed by atoms with Crippen molar-refractivity contribution in [1.82, 2.24) is 4.98 Å². The summed E-state index contributed by atoms with van der Waals surface area (Å²) in [7, 11) is 0. The molecule has 0 amide bonds. The number of nitrogens with zero attached hydrogens (tertiary/aromatic N) is 2. The van der Waals surface area contributed by atoms with E-state index in [-0.39, 0.29) is 12.1 Å². The summed E-state index contributed by atoms with van der Waals surface area (Å²) < 4.78 is 0.769. The number of hydrogen-bond donors (Lipinski definition) is 2. The van der Waals surface area contributed by atoms with Gasteiger partial charge in [-0.25, -0.2) is 4.98 Å². The van der Waals surface area contributed by atoms with E-state index in [2.05, 4.69) is 10.3 Å². The number of anilines is 1. The van der Waals surface area contributed by atoms with Crippen molar-refractivity contribution in [2.24, 2.45) is 0 Å². The van der Waals surface area contributed by atoms with Crippen LogP contribution in [-0.2, 0) is 4.79 Å². The molecule has 2 aromatic rings. The SMILES string of the molecule is Cc1nc2cc(NCCCC(=O)O)c([N+](=O)[O-])cc2s1. The Kier molecular flexibility index (Phi) is 4.14. The van der Waals surface area contributed by atoms with Gasteiger partial charge in [-0.2, -0.15) is 0 Å². The lowest BCUT2D eigenvalue weighted by Gasteiger charge is -2.06. The van der Waals surface area contributed by atoms with E-state index < -0.39 is 10.9 Å². The first kappa shape index (κ1) is 14.2. The van der Waals surface area contributed by atoms with Crippen molar-refractivity contribution in [2.45, 2.75) is 19.8 Å². The quantitative estimate of drug-likeness (QED) is 0.482. The number of nitrogens with one attached hydrogen (secondary N) is 1. The third-order valence-electron chi connectivity index (χ3n) is 2.69. The van der Waals surface area contributed by atoms with E-state index in [0.717, 1.165) is 9.71 Å². The molecule has 0 aliphatic carbocycles. The lowest BCUT2D eigenvalue weighted by Crippen LogP contribution is -2.06. The molecule has 0 fully saturated rings. The minimum atomic E-state index is -0.883. The van der Waals surface area contributed by atoms with Crippen molar-refractivity contribution in [3.05, 3.63) is 27.3 Å². The number of fused-ring (bicyclic) bond motifs is 1. The van der Waals surface area contributed by atoms with Gasteiger partial charge in [0, 0.05) is 19.0 Å². The molecule has 1 aromatic carbocycles. The Labute approximate surface area is 118 Å². The molecule has 0 aliphatic rings. The Morgan fingerprint density at radius 1 is 1.55 bits per heavy atom. The molecule has 0 unspecified atom stereocenters. The third kappa shape index (κ3) is 3.21. The number of aliphatic carboxylic acids is 1. The third-order valence-corrected chi connectivity index (χ3v) is 3.63. The van der Waals surface area contributed by atoms with Crippen LogP contribution in [0.25, 0.3) is 10.2 Å². The van der Waals surface area contributed by atoms with Crippen molar-refractivity contribution in [3.8, 4) is 0 Å². The maximum atomic E-state index is 11.1. The molecule has 20 heavy (non-hydrogen) atoms. The van der Waals surface area contributed by atoms with Gasteiger partial charge in [0.2, 0.25) is 0 Å². The zero-order valence-electron chi connectivity index (χ0n) is 10.8. The summed E-state index contributed by atoms with van der Waals surface area (Å²) in [5, 5.41) is 23.4. The molecule has 0 bridgehead atoms. The zero-order valence-corrected chi connectivity index (χ0v) is 11.6. The summed E-state index contributed by atoms with van der Waals surface area (Å²) in [5.41, 5.74) is 1.06. The van der Waals surface area contributed by atoms with Crippen LogP contribution in [0.2, 0.25) is 0 Å². The van der Waals surface area contributed by atoms with Gasteiger partial charge in [0.25, 0.3) is 5.69 Å². The molecule has 2 N–H and O–H groups in total. The summed E-state index contributed by atoms with van der Waals surface area (Å²) >= 11 is 1.40. The first-order chi connectivity index (χ1) is 9.47. The van der Waals surface area contributed by atoms with E-state index in [1.165, 1.54) is 17.4 Å². The second-order valence-electron chi connectivity index (χ2n) is 4.25. The zero-order chi connectivity index (χ0) is 14.7. The summed E-state index contributed by atoms with van der Waals surface area (Å²) in [4.78, 5) is 25.3. The minimum Gasteiger partial charge on any atom is -0.481 e. The number of carboxylic acids is 1. The van der Waals surface area contributed by atoms with Crippen LogP contribution in [0.5, 0.6) is 0 Å². The number of aryl methyl sites for hydroxylation is 1. The van der Waals surface area contributed by atoms with E-state index in [9.17, 15) is 14.9 Å². The number of aromatic nitrogens is 1. The Morgan fingerprint density at radius 3 is 2.95 bits per heavy atom. The molecule has 0 saturated carbocycles. The second-order valence-corrected chi connectivity index (χ2v) is 5.49. The van der Waals surface area contributed by atoms with Crippen molar-refractivity contribution in [1.29, 1.82) is 0 Å². The van der Waals surface area contributed by atoms with Gasteiger partial charge in [-0.1, -0.05) is 0 Å². The minimum absolute atomic E-state index is 0.0172. The maximum absolute atomic E-state index is 11.1. The highest BCUT2D eigenvalue weighted by Gasteiger charge is 2.16. The van der Waals surface area contributed by atoms with Gasteiger partial charge in [-0.15, -0.1) is 11.3 Å².